The van der Waals surface area contributed by atoms with Gasteiger partial charge in [0.25, 0.3) is 5.91 Å². The number of thiazole rings is 1. The molecule has 2 N–H and O–H groups in total. The number of aryl methyl sites for hydroxylation is 1. The first-order valence-corrected chi connectivity index (χ1v) is 9.97. The van der Waals surface area contributed by atoms with Crippen LogP contribution in [0.25, 0.3) is 11.4 Å². The average molecular weight is 422 g/mol. The molecule has 0 bridgehead atoms. The Kier molecular flexibility index (Phi) is 5.50. The van der Waals surface area contributed by atoms with Crippen LogP contribution in [0.15, 0.2) is 67.0 Å². The van der Waals surface area contributed by atoms with E-state index in [1.165, 1.54) is 17.5 Å². The number of hydrogen-bond acceptors (Lipinski definition) is 6. The number of nitrogens with one attached hydrogen (secondary N) is 2. The van der Waals surface area contributed by atoms with Gasteiger partial charge in [-0.3, -0.25) is 9.78 Å². The van der Waals surface area contributed by atoms with E-state index in [0.29, 0.717) is 26.5 Å². The van der Waals surface area contributed by atoms with Gasteiger partial charge in [-0.1, -0.05) is 47.2 Å². The zero-order chi connectivity index (χ0) is 20.2. The van der Waals surface area contributed by atoms with Gasteiger partial charge in [-0.05, 0) is 42.8 Å². The minimum Gasteiger partial charge on any atom is -0.320 e. The number of para-hydroxylation sites is 1. The van der Waals surface area contributed by atoms with Gasteiger partial charge >= 0.3 is 0 Å². The number of benzene rings is 1. The number of carbonyl (C=O) groups is 1. The lowest BCUT2D eigenvalue weighted by molar-refractivity contribution is 0.103. The Hall–Kier alpha value is -3.29. The number of pyridine rings is 2. The lowest BCUT2D eigenvalue weighted by Crippen LogP contribution is -2.11. The van der Waals surface area contributed by atoms with E-state index in [1.807, 2.05) is 55.5 Å². The van der Waals surface area contributed by atoms with Crippen LogP contribution < -0.4 is 10.6 Å². The third-order valence-corrected chi connectivity index (χ3v) is 5.33. The fourth-order valence-electron chi connectivity index (χ4n) is 2.67. The van der Waals surface area contributed by atoms with Crippen molar-refractivity contribution in [2.75, 3.05) is 10.6 Å². The maximum Gasteiger partial charge on any atom is 0.267 e. The van der Waals surface area contributed by atoms with Crippen LogP contribution >= 0.6 is 22.9 Å². The zero-order valence-corrected chi connectivity index (χ0v) is 17.0. The molecule has 3 heterocycles. The number of halogens is 1. The Morgan fingerprint density at radius 1 is 1.00 bits per heavy atom. The summed E-state index contributed by atoms with van der Waals surface area (Å²) in [6, 6.07) is 16.8. The van der Waals surface area contributed by atoms with Crippen LogP contribution in [0.1, 0.15) is 15.2 Å². The van der Waals surface area contributed by atoms with Crippen LogP contribution in [0.3, 0.4) is 0 Å². The Morgan fingerprint density at radius 3 is 2.62 bits per heavy atom. The molecule has 0 unspecified atom stereocenters. The highest BCUT2D eigenvalue weighted by Crippen LogP contribution is 2.28. The predicted octanol–water partition coefficient (Wildman–Crippen LogP) is 5.56. The maximum atomic E-state index is 12.6. The highest BCUT2D eigenvalue weighted by Gasteiger charge is 2.14. The smallest absolute Gasteiger partial charge is 0.267 e. The van der Waals surface area contributed by atoms with Crippen molar-refractivity contribution in [3.8, 4) is 11.4 Å². The minimum absolute atomic E-state index is 0.262. The molecule has 6 nitrogen and oxygen atoms in total. The molecule has 0 radical (unpaired) electrons. The van der Waals surface area contributed by atoms with Crippen molar-refractivity contribution in [3.05, 3.63) is 82.5 Å². The summed E-state index contributed by atoms with van der Waals surface area (Å²) in [4.78, 5) is 26.2. The maximum absolute atomic E-state index is 12.6. The van der Waals surface area contributed by atoms with Crippen LogP contribution in [-0.4, -0.2) is 20.9 Å². The van der Waals surface area contributed by atoms with E-state index < -0.39 is 0 Å². The van der Waals surface area contributed by atoms with E-state index in [-0.39, 0.29) is 5.91 Å². The van der Waals surface area contributed by atoms with Crippen molar-refractivity contribution < 1.29 is 4.79 Å². The van der Waals surface area contributed by atoms with Gasteiger partial charge in [0, 0.05) is 6.20 Å². The van der Waals surface area contributed by atoms with Gasteiger partial charge in [-0.25, -0.2) is 9.97 Å². The molecule has 0 saturated heterocycles. The SMILES string of the molecule is Cc1cccc(Cl)c1NC(=O)c1cnc(Nc2cccc(-c3ccccn3)n2)s1. The fourth-order valence-corrected chi connectivity index (χ4v) is 3.66. The van der Waals surface area contributed by atoms with Crippen molar-refractivity contribution in [2.45, 2.75) is 6.92 Å². The van der Waals surface area contributed by atoms with Crippen LogP contribution in [0.2, 0.25) is 5.02 Å². The first kappa shape index (κ1) is 19.0. The average Bonchev–Trinajstić information content (AvgIpc) is 3.20. The highest BCUT2D eigenvalue weighted by molar-refractivity contribution is 7.17. The molecule has 8 heteroatoms. The summed E-state index contributed by atoms with van der Waals surface area (Å²) in [5.74, 6) is 0.360. The van der Waals surface area contributed by atoms with E-state index in [1.54, 1.807) is 12.3 Å². The molecule has 0 aliphatic carbocycles. The van der Waals surface area contributed by atoms with Gasteiger partial charge in [0.2, 0.25) is 0 Å². The summed E-state index contributed by atoms with van der Waals surface area (Å²) in [6.45, 7) is 1.89. The summed E-state index contributed by atoms with van der Waals surface area (Å²) in [5.41, 5.74) is 3.03. The molecular formula is C21H16ClN5OS. The van der Waals surface area contributed by atoms with E-state index in [2.05, 4.69) is 25.6 Å². The van der Waals surface area contributed by atoms with E-state index in [9.17, 15) is 4.79 Å². The lowest BCUT2D eigenvalue weighted by Gasteiger charge is -2.08. The molecule has 144 valence electrons. The zero-order valence-electron chi connectivity index (χ0n) is 15.4. The second-order valence-electron chi connectivity index (χ2n) is 6.16. The van der Waals surface area contributed by atoms with E-state index >= 15 is 0 Å². The third-order valence-electron chi connectivity index (χ3n) is 4.10. The number of rotatable bonds is 5. The van der Waals surface area contributed by atoms with Crippen molar-refractivity contribution >= 4 is 45.5 Å². The second-order valence-corrected chi connectivity index (χ2v) is 7.60. The molecular weight excluding hydrogens is 406 g/mol. The second kappa shape index (κ2) is 8.38. The molecule has 0 saturated carbocycles. The number of nitrogens with zero attached hydrogens (tertiary/aromatic N) is 3. The van der Waals surface area contributed by atoms with E-state index in [0.717, 1.165) is 17.0 Å². The van der Waals surface area contributed by atoms with Crippen LogP contribution in [-0.2, 0) is 0 Å². The largest absolute Gasteiger partial charge is 0.320 e. The number of carbonyl (C=O) groups excluding carboxylic acids is 1. The number of anilines is 3. The molecule has 29 heavy (non-hydrogen) atoms. The molecule has 1 amide bonds. The summed E-state index contributed by atoms with van der Waals surface area (Å²) >= 11 is 7.42. The number of aromatic nitrogens is 3. The number of hydrogen-bond donors (Lipinski definition) is 2. The Bertz CT molecular complexity index is 1140. The standard InChI is InChI=1S/C21H16ClN5OS/c1-13-6-4-7-14(22)19(13)27-20(28)17-12-24-21(29-17)26-18-10-5-9-16(25-18)15-8-2-3-11-23-15/h2-12H,1H3,(H,27,28)(H,24,25,26). The molecule has 1 aromatic carbocycles. The van der Waals surface area contributed by atoms with Gasteiger partial charge in [0.15, 0.2) is 5.13 Å². The van der Waals surface area contributed by atoms with Gasteiger partial charge in [0.05, 0.1) is 28.3 Å². The monoisotopic (exact) mass is 421 g/mol. The molecule has 4 rings (SSSR count). The third kappa shape index (κ3) is 4.42. The quantitative estimate of drug-likeness (QED) is 0.441. The van der Waals surface area contributed by atoms with Crippen LogP contribution in [0, 0.1) is 6.92 Å². The molecule has 3 aromatic heterocycles. The van der Waals surface area contributed by atoms with Crippen molar-refractivity contribution in [2.24, 2.45) is 0 Å². The van der Waals surface area contributed by atoms with Crippen LogP contribution in [0.5, 0.6) is 0 Å². The van der Waals surface area contributed by atoms with Crippen molar-refractivity contribution in [1.82, 2.24) is 15.0 Å². The molecule has 0 atom stereocenters. The Balaban J connectivity index is 1.49. The predicted molar refractivity (Wildman–Crippen MR) is 117 cm³/mol. The lowest BCUT2D eigenvalue weighted by atomic mass is 10.2. The first-order valence-electron chi connectivity index (χ1n) is 8.78. The molecule has 0 spiro atoms. The van der Waals surface area contributed by atoms with Crippen LogP contribution in [0.4, 0.5) is 16.6 Å². The Morgan fingerprint density at radius 2 is 1.83 bits per heavy atom. The van der Waals surface area contributed by atoms with Gasteiger partial charge in [-0.2, -0.15) is 0 Å². The molecule has 0 aliphatic heterocycles. The summed E-state index contributed by atoms with van der Waals surface area (Å²) < 4.78 is 0. The molecule has 0 aliphatic rings. The summed E-state index contributed by atoms with van der Waals surface area (Å²) in [7, 11) is 0. The van der Waals surface area contributed by atoms with Crippen molar-refractivity contribution in [3.63, 3.8) is 0 Å². The highest BCUT2D eigenvalue weighted by atomic mass is 35.5. The number of amides is 1. The summed E-state index contributed by atoms with van der Waals surface area (Å²) in [5, 5.41) is 7.05. The molecule has 0 fully saturated rings. The van der Waals surface area contributed by atoms with Crippen molar-refractivity contribution in [1.29, 1.82) is 0 Å². The molecule has 4 aromatic rings. The normalized spacial score (nSPS) is 10.6. The summed E-state index contributed by atoms with van der Waals surface area (Å²) in [6.07, 6.45) is 3.25. The minimum atomic E-state index is -0.262. The first-order chi connectivity index (χ1) is 14.1. The van der Waals surface area contributed by atoms with Gasteiger partial charge < -0.3 is 10.6 Å². The Labute approximate surface area is 176 Å². The topological polar surface area (TPSA) is 79.8 Å². The van der Waals surface area contributed by atoms with Gasteiger partial charge in [-0.15, -0.1) is 0 Å². The van der Waals surface area contributed by atoms with Gasteiger partial charge in [0.1, 0.15) is 10.7 Å². The fraction of sp³-hybridized carbons (Fsp3) is 0.0476. The van der Waals surface area contributed by atoms with E-state index in [4.69, 9.17) is 11.6 Å².